The monoisotopic (exact) mass is 766 g/mol. The summed E-state index contributed by atoms with van der Waals surface area (Å²) in [6, 6.07) is 19.6. The number of nitrogens with one attached hydrogen (secondary N) is 1. The van der Waals surface area contributed by atoms with E-state index >= 15 is 0 Å². The third kappa shape index (κ3) is 7.41. The van der Waals surface area contributed by atoms with Crippen molar-refractivity contribution in [1.82, 2.24) is 23.7 Å². The molecule has 0 spiro atoms. The van der Waals surface area contributed by atoms with Crippen LogP contribution in [-0.4, -0.2) is 82.0 Å². The summed E-state index contributed by atoms with van der Waals surface area (Å²) in [5.41, 5.74) is 1.18. The Kier molecular flexibility index (Phi) is 10.2. The van der Waals surface area contributed by atoms with Gasteiger partial charge < -0.3 is 15.0 Å². The zero-order valence-electron chi connectivity index (χ0n) is 28.0. The normalized spacial score (nSPS) is 18.2. The summed E-state index contributed by atoms with van der Waals surface area (Å²) < 4.78 is 48.6. The first-order valence-corrected chi connectivity index (χ1v) is 20.3. The molecule has 0 amide bonds. The second kappa shape index (κ2) is 14.6. The van der Waals surface area contributed by atoms with Gasteiger partial charge in [0.25, 0.3) is 5.56 Å². The molecule has 0 radical (unpaired) electrons. The highest BCUT2D eigenvalue weighted by molar-refractivity contribution is 7.91. The van der Waals surface area contributed by atoms with Gasteiger partial charge in [0, 0.05) is 61.3 Å². The van der Waals surface area contributed by atoms with Gasteiger partial charge in [-0.25, -0.2) is 21.9 Å². The van der Waals surface area contributed by atoms with Crippen molar-refractivity contribution in [2.45, 2.75) is 41.2 Å². The summed E-state index contributed by atoms with van der Waals surface area (Å²) in [5, 5.41) is 3.84. The standard InChI is InChI=1S/C36H36Cl2N6O5S2/c1-42-15-14-27(22-42)49-26-10-8-24(9-11-26)40-36-39-21-23-18-30(35(45)44(34(23)41-36)25-12-16-43(17-13-25)50(2)46)33-31(37)19-29(20-32(33)38)51(47,48)28-6-4-3-5-7-28/h3-11,18-21,25,27H,12-17,22H2,1-2H3,(H,39,40,41). The Labute approximate surface area is 308 Å². The second-order valence-corrected chi connectivity index (χ2v) is 16.9. The lowest BCUT2D eigenvalue weighted by atomic mass is 10.0. The van der Waals surface area contributed by atoms with Crippen LogP contribution >= 0.6 is 23.2 Å². The molecule has 11 nitrogen and oxygen atoms in total. The van der Waals surface area contributed by atoms with E-state index in [0.717, 1.165) is 30.9 Å². The van der Waals surface area contributed by atoms with E-state index in [0.29, 0.717) is 42.9 Å². The summed E-state index contributed by atoms with van der Waals surface area (Å²) in [6.45, 7) is 2.96. The van der Waals surface area contributed by atoms with Crippen molar-refractivity contribution in [2.75, 3.05) is 44.8 Å². The van der Waals surface area contributed by atoms with Crippen molar-refractivity contribution in [3.8, 4) is 16.9 Å². The lowest BCUT2D eigenvalue weighted by Crippen LogP contribution is -2.38. The number of ether oxygens (including phenoxy) is 1. The first-order valence-electron chi connectivity index (χ1n) is 16.5. The molecule has 2 aliphatic heterocycles. The van der Waals surface area contributed by atoms with Gasteiger partial charge >= 0.3 is 0 Å². The van der Waals surface area contributed by atoms with Gasteiger partial charge in [-0.15, -0.1) is 0 Å². The molecular formula is C36H36Cl2N6O5S2. The molecule has 51 heavy (non-hydrogen) atoms. The maximum Gasteiger partial charge on any atom is 0.260 e. The topological polar surface area (TPSA) is 127 Å². The van der Waals surface area contributed by atoms with Gasteiger partial charge in [-0.3, -0.25) is 9.36 Å². The van der Waals surface area contributed by atoms with Crippen LogP contribution in [0.3, 0.4) is 0 Å². The number of halogens is 2. The van der Waals surface area contributed by atoms with E-state index in [9.17, 15) is 17.4 Å². The van der Waals surface area contributed by atoms with E-state index in [-0.39, 0.29) is 48.7 Å². The zero-order valence-corrected chi connectivity index (χ0v) is 31.1. The van der Waals surface area contributed by atoms with Gasteiger partial charge in [-0.2, -0.15) is 4.98 Å². The molecule has 0 aliphatic carbocycles. The fraction of sp³-hybridized carbons (Fsp3) is 0.306. The average molecular weight is 768 g/mol. The number of hydrogen-bond acceptors (Lipinski definition) is 9. The van der Waals surface area contributed by atoms with Crippen molar-refractivity contribution in [1.29, 1.82) is 0 Å². The molecule has 0 saturated carbocycles. The Morgan fingerprint density at radius 3 is 2.24 bits per heavy atom. The average Bonchev–Trinajstić information content (AvgIpc) is 3.53. The van der Waals surface area contributed by atoms with Crippen LogP contribution in [0.4, 0.5) is 11.6 Å². The number of hydrogen-bond donors (Lipinski definition) is 1. The molecule has 1 N–H and O–H groups in total. The van der Waals surface area contributed by atoms with E-state index < -0.39 is 20.8 Å². The number of sulfone groups is 1. The highest BCUT2D eigenvalue weighted by atomic mass is 35.5. The Morgan fingerprint density at radius 1 is 0.922 bits per heavy atom. The van der Waals surface area contributed by atoms with Crippen LogP contribution in [0.1, 0.15) is 25.3 Å². The summed E-state index contributed by atoms with van der Waals surface area (Å²) in [6.07, 6.45) is 5.53. The molecule has 4 heterocycles. The lowest BCUT2D eigenvalue weighted by molar-refractivity contribution is 0.208. The SMILES string of the molecule is CN1CCC(Oc2ccc(Nc3ncc4cc(-c5c(Cl)cc(S(=O)(=O)c6ccccc6)cc5Cl)c(=O)n(C5CCN(S(C)=O)CC5)c4n3)cc2)C1. The predicted octanol–water partition coefficient (Wildman–Crippen LogP) is 6.36. The van der Waals surface area contributed by atoms with Gasteiger partial charge in [0.05, 0.1) is 36.4 Å². The number of rotatable bonds is 9. The Hall–Kier alpha value is -3.85. The fourth-order valence-corrected chi connectivity index (χ4v) is 9.56. The molecule has 2 saturated heterocycles. The molecule has 2 fully saturated rings. The molecule has 266 valence electrons. The Balaban J connectivity index is 1.26. The summed E-state index contributed by atoms with van der Waals surface area (Å²) in [4.78, 5) is 26.2. The highest BCUT2D eigenvalue weighted by Gasteiger charge is 2.28. The maximum absolute atomic E-state index is 14.5. The van der Waals surface area contributed by atoms with Crippen molar-refractivity contribution < 1.29 is 17.4 Å². The number of anilines is 2. The molecule has 7 rings (SSSR count). The van der Waals surface area contributed by atoms with Crippen LogP contribution in [0.15, 0.2) is 93.6 Å². The van der Waals surface area contributed by atoms with Crippen molar-refractivity contribution in [3.05, 3.63) is 99.4 Å². The first kappa shape index (κ1) is 35.5. The van der Waals surface area contributed by atoms with Crippen LogP contribution in [0, 0.1) is 0 Å². The number of aromatic nitrogens is 3. The minimum Gasteiger partial charge on any atom is -0.489 e. The Bertz CT molecular complexity index is 2260. The van der Waals surface area contributed by atoms with E-state index in [2.05, 4.69) is 22.2 Å². The van der Waals surface area contributed by atoms with Crippen molar-refractivity contribution in [3.63, 3.8) is 0 Å². The second-order valence-electron chi connectivity index (χ2n) is 12.8. The van der Waals surface area contributed by atoms with E-state index in [4.69, 9.17) is 32.9 Å². The van der Waals surface area contributed by atoms with Crippen molar-refractivity contribution >= 4 is 66.7 Å². The number of likely N-dealkylation sites (tertiary alicyclic amines) is 1. The minimum absolute atomic E-state index is 0.0165. The van der Waals surface area contributed by atoms with E-state index in [1.165, 1.54) is 24.3 Å². The number of fused-ring (bicyclic) bond motifs is 1. The number of piperidine rings is 1. The molecule has 2 aromatic heterocycles. The molecule has 2 aliphatic rings. The van der Waals surface area contributed by atoms with Crippen LogP contribution in [0.2, 0.25) is 10.0 Å². The van der Waals surface area contributed by atoms with Crippen LogP contribution < -0.4 is 15.6 Å². The number of benzene rings is 3. The van der Waals surface area contributed by atoms with Gasteiger partial charge in [0.15, 0.2) is 0 Å². The highest BCUT2D eigenvalue weighted by Crippen LogP contribution is 2.39. The number of nitrogens with zero attached hydrogens (tertiary/aromatic N) is 5. The molecule has 2 unspecified atom stereocenters. The number of pyridine rings is 1. The Morgan fingerprint density at radius 2 is 1.61 bits per heavy atom. The zero-order chi connectivity index (χ0) is 35.9. The molecule has 5 aromatic rings. The maximum atomic E-state index is 14.5. The summed E-state index contributed by atoms with van der Waals surface area (Å²) in [7, 11) is -2.98. The third-order valence-electron chi connectivity index (χ3n) is 9.34. The third-order valence-corrected chi connectivity index (χ3v) is 12.8. The van der Waals surface area contributed by atoms with Crippen molar-refractivity contribution in [2.24, 2.45) is 0 Å². The predicted molar refractivity (Wildman–Crippen MR) is 201 cm³/mol. The number of likely N-dealkylation sites (N-methyl/N-ethyl adjacent to an activating group) is 1. The minimum atomic E-state index is -3.92. The molecule has 3 aromatic carbocycles. The van der Waals surface area contributed by atoms with Crippen LogP contribution in [0.25, 0.3) is 22.2 Å². The fourth-order valence-electron chi connectivity index (χ4n) is 6.68. The molecular weight excluding hydrogens is 731 g/mol. The molecule has 15 heteroatoms. The van der Waals surface area contributed by atoms with E-state index in [1.807, 2.05) is 28.6 Å². The van der Waals surface area contributed by atoms with Gasteiger partial charge in [0.1, 0.15) is 17.5 Å². The quantitative estimate of drug-likeness (QED) is 0.183. The van der Waals surface area contributed by atoms with Gasteiger partial charge in [0.2, 0.25) is 15.8 Å². The largest absolute Gasteiger partial charge is 0.489 e. The van der Waals surface area contributed by atoms with E-state index in [1.54, 1.807) is 41.3 Å². The molecule has 2 atom stereocenters. The summed E-state index contributed by atoms with van der Waals surface area (Å²) in [5.74, 6) is 1.08. The lowest BCUT2D eigenvalue weighted by Gasteiger charge is -2.31. The summed E-state index contributed by atoms with van der Waals surface area (Å²) >= 11 is 13.5. The van der Waals surface area contributed by atoms with Crippen LogP contribution in [0.5, 0.6) is 5.75 Å². The van der Waals surface area contributed by atoms with Crippen LogP contribution in [-0.2, 0) is 20.8 Å². The van der Waals surface area contributed by atoms with Gasteiger partial charge in [-0.1, -0.05) is 41.4 Å². The molecule has 0 bridgehead atoms. The smallest absolute Gasteiger partial charge is 0.260 e. The van der Waals surface area contributed by atoms with Gasteiger partial charge in [-0.05, 0) is 80.9 Å². The first-order chi connectivity index (χ1) is 24.5.